The fourth-order valence-corrected chi connectivity index (χ4v) is 3.69. The van der Waals surface area contributed by atoms with Gasteiger partial charge in [0.2, 0.25) is 5.91 Å². The number of carbonyl (C=O) groups is 2. The van der Waals surface area contributed by atoms with Gasteiger partial charge in [0.15, 0.2) is 0 Å². The molecule has 6 heteroatoms. The lowest BCUT2D eigenvalue weighted by Gasteiger charge is -2.23. The van der Waals surface area contributed by atoms with E-state index in [-0.39, 0.29) is 17.7 Å². The molecule has 19 heavy (non-hydrogen) atoms. The van der Waals surface area contributed by atoms with Crippen molar-refractivity contribution >= 4 is 23.2 Å². The van der Waals surface area contributed by atoms with E-state index in [0.29, 0.717) is 6.54 Å². The monoisotopic (exact) mass is 278 g/mol. The van der Waals surface area contributed by atoms with Crippen molar-refractivity contribution in [1.82, 2.24) is 10.3 Å². The smallest absolute Gasteiger partial charge is 0.307 e. The Labute approximate surface area is 114 Å². The maximum Gasteiger partial charge on any atom is 0.307 e. The molecule has 4 unspecified atom stereocenters. The van der Waals surface area contributed by atoms with Gasteiger partial charge in [0.25, 0.3) is 0 Å². The van der Waals surface area contributed by atoms with Gasteiger partial charge in [-0.1, -0.05) is 12.2 Å². The van der Waals surface area contributed by atoms with E-state index in [0.717, 1.165) is 11.4 Å². The van der Waals surface area contributed by atoms with Crippen LogP contribution in [-0.2, 0) is 16.1 Å². The summed E-state index contributed by atoms with van der Waals surface area (Å²) in [5.74, 6) is -1.97. The summed E-state index contributed by atoms with van der Waals surface area (Å²) < 4.78 is 0. The molecule has 1 fully saturated rings. The van der Waals surface area contributed by atoms with Crippen molar-refractivity contribution in [1.29, 1.82) is 0 Å². The average Bonchev–Trinajstić information content (AvgIpc) is 3.10. The zero-order valence-corrected chi connectivity index (χ0v) is 11.0. The van der Waals surface area contributed by atoms with Gasteiger partial charge >= 0.3 is 5.97 Å². The Balaban J connectivity index is 1.68. The van der Waals surface area contributed by atoms with Crippen molar-refractivity contribution in [3.05, 3.63) is 28.7 Å². The lowest BCUT2D eigenvalue weighted by molar-refractivity contribution is -0.147. The Morgan fingerprint density at radius 3 is 2.74 bits per heavy atom. The normalized spacial score (nSPS) is 31.6. The molecule has 100 valence electrons. The highest BCUT2D eigenvalue weighted by Crippen LogP contribution is 2.48. The summed E-state index contributed by atoms with van der Waals surface area (Å²) >= 11 is 1.47. The first-order valence-corrected chi connectivity index (χ1v) is 7.12. The Kier molecular flexibility index (Phi) is 3.10. The molecule has 0 saturated heterocycles. The quantitative estimate of drug-likeness (QED) is 0.813. The van der Waals surface area contributed by atoms with Gasteiger partial charge in [-0.3, -0.25) is 9.59 Å². The Morgan fingerprint density at radius 2 is 2.11 bits per heavy atom. The molecule has 1 heterocycles. The highest BCUT2D eigenvalue weighted by Gasteiger charge is 2.51. The maximum absolute atomic E-state index is 12.2. The zero-order valence-electron chi connectivity index (χ0n) is 10.2. The number of thiazole rings is 1. The summed E-state index contributed by atoms with van der Waals surface area (Å²) in [5.41, 5.74) is 0. The highest BCUT2D eigenvalue weighted by atomic mass is 32.1. The second-order valence-electron chi connectivity index (χ2n) is 4.98. The minimum atomic E-state index is -0.869. The van der Waals surface area contributed by atoms with E-state index in [1.165, 1.54) is 11.3 Å². The molecule has 0 spiro atoms. The van der Waals surface area contributed by atoms with Crippen molar-refractivity contribution < 1.29 is 14.7 Å². The first-order valence-electron chi connectivity index (χ1n) is 6.24. The molecule has 0 aliphatic heterocycles. The van der Waals surface area contributed by atoms with E-state index in [2.05, 4.69) is 10.3 Å². The zero-order chi connectivity index (χ0) is 13.4. The third-order valence-corrected chi connectivity index (χ3v) is 4.72. The van der Waals surface area contributed by atoms with Crippen molar-refractivity contribution in [3.8, 4) is 0 Å². The van der Waals surface area contributed by atoms with Crippen LogP contribution >= 0.6 is 11.3 Å². The molecule has 2 aliphatic rings. The lowest BCUT2D eigenvalue weighted by atomic mass is 9.82. The van der Waals surface area contributed by atoms with Crippen LogP contribution in [0.15, 0.2) is 23.7 Å². The molecule has 2 N–H and O–H groups in total. The molecule has 0 aromatic carbocycles. The number of nitrogens with zero attached hydrogens (tertiary/aromatic N) is 1. The van der Waals surface area contributed by atoms with Crippen LogP contribution in [0.25, 0.3) is 0 Å². The summed E-state index contributed by atoms with van der Waals surface area (Å²) in [4.78, 5) is 27.6. The molecule has 1 aromatic heterocycles. The summed E-state index contributed by atoms with van der Waals surface area (Å²) in [6.07, 6.45) is 6.39. The van der Waals surface area contributed by atoms with E-state index in [1.807, 2.05) is 17.5 Å². The fraction of sp³-hybridized carbons (Fsp3) is 0.462. The van der Waals surface area contributed by atoms with Crippen LogP contribution < -0.4 is 5.32 Å². The minimum Gasteiger partial charge on any atom is -0.481 e. The van der Waals surface area contributed by atoms with Gasteiger partial charge in [-0.05, 0) is 18.3 Å². The molecule has 3 rings (SSSR count). The molecule has 1 saturated carbocycles. The number of hydrogen-bond donors (Lipinski definition) is 2. The molecule has 0 radical (unpaired) electrons. The maximum atomic E-state index is 12.2. The van der Waals surface area contributed by atoms with Crippen LogP contribution in [0, 0.1) is 23.7 Å². The van der Waals surface area contributed by atoms with Crippen LogP contribution in [0.4, 0.5) is 0 Å². The molecule has 2 aliphatic carbocycles. The number of amides is 1. The van der Waals surface area contributed by atoms with E-state index >= 15 is 0 Å². The molecule has 2 bridgehead atoms. The number of hydrogen-bond acceptors (Lipinski definition) is 4. The predicted molar refractivity (Wildman–Crippen MR) is 69.3 cm³/mol. The van der Waals surface area contributed by atoms with Crippen LogP contribution in [0.2, 0.25) is 0 Å². The number of allylic oxidation sites excluding steroid dienone is 2. The SMILES string of the molecule is O=C(O)C1C2C=CC(C2)C1C(=O)NCc1nccs1. The number of carboxylic acid groups (broad SMARTS) is 1. The van der Waals surface area contributed by atoms with Crippen LogP contribution in [-0.4, -0.2) is 22.0 Å². The van der Waals surface area contributed by atoms with Crippen LogP contribution in [0.5, 0.6) is 0 Å². The summed E-state index contributed by atoms with van der Waals surface area (Å²) in [5, 5.41) is 14.8. The van der Waals surface area contributed by atoms with Crippen LogP contribution in [0.3, 0.4) is 0 Å². The molecule has 1 amide bonds. The Morgan fingerprint density at radius 1 is 1.37 bits per heavy atom. The fourth-order valence-electron chi connectivity index (χ4n) is 3.14. The van der Waals surface area contributed by atoms with Gasteiger partial charge in [0.1, 0.15) is 5.01 Å². The number of carboxylic acids is 1. The standard InChI is InChI=1S/C13H14N2O3S/c16-12(15-6-9-14-3-4-19-9)10-7-1-2-8(5-7)11(10)13(17)18/h1-4,7-8,10-11H,5-6H2,(H,15,16)(H,17,18). The highest BCUT2D eigenvalue weighted by molar-refractivity contribution is 7.09. The number of rotatable bonds is 4. The van der Waals surface area contributed by atoms with E-state index < -0.39 is 17.8 Å². The minimum absolute atomic E-state index is 0.0121. The van der Waals surface area contributed by atoms with Gasteiger partial charge < -0.3 is 10.4 Å². The van der Waals surface area contributed by atoms with Crippen molar-refractivity contribution in [2.75, 3.05) is 0 Å². The number of fused-ring (bicyclic) bond motifs is 2. The number of aliphatic carboxylic acids is 1. The van der Waals surface area contributed by atoms with Crippen LogP contribution in [0.1, 0.15) is 11.4 Å². The molecule has 5 nitrogen and oxygen atoms in total. The average molecular weight is 278 g/mol. The summed E-state index contributed by atoms with van der Waals surface area (Å²) in [7, 11) is 0. The van der Waals surface area contributed by atoms with Crippen molar-refractivity contribution in [2.24, 2.45) is 23.7 Å². The van der Waals surface area contributed by atoms with E-state index in [9.17, 15) is 14.7 Å². The largest absolute Gasteiger partial charge is 0.481 e. The first kappa shape index (κ1) is 12.3. The number of nitrogens with one attached hydrogen (secondary N) is 1. The second-order valence-corrected chi connectivity index (χ2v) is 5.96. The first-order chi connectivity index (χ1) is 9.16. The van der Waals surface area contributed by atoms with Crippen molar-refractivity contribution in [2.45, 2.75) is 13.0 Å². The summed E-state index contributed by atoms with van der Waals surface area (Å²) in [6.45, 7) is 0.375. The van der Waals surface area contributed by atoms with E-state index in [4.69, 9.17) is 0 Å². The van der Waals surface area contributed by atoms with Gasteiger partial charge in [-0.25, -0.2) is 4.98 Å². The number of aromatic nitrogens is 1. The molecule has 4 atom stereocenters. The predicted octanol–water partition coefficient (Wildman–Crippen LogP) is 1.28. The third-order valence-electron chi connectivity index (χ3n) is 3.94. The third kappa shape index (κ3) is 2.16. The van der Waals surface area contributed by atoms with Gasteiger partial charge in [0.05, 0.1) is 18.4 Å². The number of carbonyl (C=O) groups excluding carboxylic acids is 1. The van der Waals surface area contributed by atoms with Gasteiger partial charge in [-0.2, -0.15) is 0 Å². The molecule has 1 aromatic rings. The van der Waals surface area contributed by atoms with Gasteiger partial charge in [-0.15, -0.1) is 11.3 Å². The Bertz CT molecular complexity index is 526. The molecular formula is C13H14N2O3S. The van der Waals surface area contributed by atoms with Crippen molar-refractivity contribution in [3.63, 3.8) is 0 Å². The molecular weight excluding hydrogens is 264 g/mol. The van der Waals surface area contributed by atoms with E-state index in [1.54, 1.807) is 6.20 Å². The topological polar surface area (TPSA) is 79.3 Å². The Hall–Kier alpha value is -1.69. The summed E-state index contributed by atoms with van der Waals surface area (Å²) in [6, 6.07) is 0. The second kappa shape index (κ2) is 4.77. The van der Waals surface area contributed by atoms with Gasteiger partial charge in [0, 0.05) is 11.6 Å². The lowest BCUT2D eigenvalue weighted by Crippen LogP contribution is -2.39.